The maximum atomic E-state index is 4.35. The van der Waals surface area contributed by atoms with E-state index in [1.54, 1.807) is 22.7 Å². The number of benzene rings is 2. The van der Waals surface area contributed by atoms with Gasteiger partial charge in [0.1, 0.15) is 23.8 Å². The first-order chi connectivity index (χ1) is 18.0. The molecule has 2 aromatic heterocycles. The molecule has 2 aromatic carbocycles. The lowest BCUT2D eigenvalue weighted by atomic mass is 10.2. The molecule has 2 heterocycles. The maximum Gasteiger partial charge on any atom is 0.408 e. The molecule has 4 aromatic rings. The van der Waals surface area contributed by atoms with E-state index in [2.05, 4.69) is 68.6 Å². The van der Waals surface area contributed by atoms with Gasteiger partial charge in [-0.25, -0.2) is 9.13 Å². The highest BCUT2D eigenvalue weighted by atomic mass is 35.5. The van der Waals surface area contributed by atoms with E-state index in [1.807, 2.05) is 70.6 Å². The first kappa shape index (κ1) is 32.3. The number of aryl methyl sites for hydroxylation is 2. The minimum absolute atomic E-state index is 0. The van der Waals surface area contributed by atoms with Gasteiger partial charge in [0.25, 0.3) is 0 Å². The summed E-state index contributed by atoms with van der Waals surface area (Å²) in [7, 11) is 8.23. The van der Waals surface area contributed by atoms with Crippen LogP contribution >= 0.6 is 22.7 Å². The second-order valence-electron chi connectivity index (χ2n) is 8.93. The van der Waals surface area contributed by atoms with E-state index in [9.17, 15) is 0 Å². The summed E-state index contributed by atoms with van der Waals surface area (Å²) in [6.07, 6.45) is 7.45. The smallest absolute Gasteiger partial charge is 0.408 e. The molecule has 0 radical (unpaired) electrons. The summed E-state index contributed by atoms with van der Waals surface area (Å²) < 4.78 is 3.93. The Bertz CT molecular complexity index is 1220. The number of unbranched alkanes of at least 4 members (excludes halogenated alkanes) is 2. The van der Waals surface area contributed by atoms with Crippen LogP contribution in [0.5, 0.6) is 0 Å². The third kappa shape index (κ3) is 9.65. The summed E-state index contributed by atoms with van der Waals surface area (Å²) in [4.78, 5) is 4.60. The van der Waals surface area contributed by atoms with Gasteiger partial charge in [0.2, 0.25) is 0 Å². The topological polar surface area (TPSA) is 63.7 Å². The Labute approximate surface area is 251 Å². The van der Waals surface area contributed by atoms with Crippen LogP contribution in [0, 0.1) is 0 Å². The van der Waals surface area contributed by atoms with Gasteiger partial charge in [0.15, 0.2) is 0 Å². The molecule has 0 aliphatic rings. The summed E-state index contributed by atoms with van der Waals surface area (Å²) in [5, 5.41) is 23.1. The van der Waals surface area contributed by atoms with E-state index >= 15 is 0 Å². The standard InChI is InChI=1S/C27H34N8S2.2ClH/c1-32(24-12-8-22(9-13-24)28-30-26-34(3)18-20-36-26)16-6-5-7-17-33(2)25-14-10-23(11-15-25)29-31-27-35(4)19-21-37-27;;/h8-15,18-21H,5-7,16-17H2,1-4H3;2*1H/q+2;;/p-2. The number of hydrogen-bond donors (Lipinski definition) is 0. The number of anilines is 2. The van der Waals surface area contributed by atoms with Crippen molar-refractivity contribution in [1.82, 2.24) is 0 Å². The van der Waals surface area contributed by atoms with E-state index < -0.39 is 0 Å². The Morgan fingerprint density at radius 2 is 0.974 bits per heavy atom. The zero-order chi connectivity index (χ0) is 26.0. The molecule has 0 amide bonds. The third-order valence-electron chi connectivity index (χ3n) is 6.09. The highest BCUT2D eigenvalue weighted by Gasteiger charge is 2.09. The predicted octanol–water partition coefficient (Wildman–Crippen LogP) is 1.04. The van der Waals surface area contributed by atoms with Crippen molar-refractivity contribution in [3.8, 4) is 0 Å². The van der Waals surface area contributed by atoms with Crippen LogP contribution in [-0.4, -0.2) is 27.2 Å². The molecule has 12 heteroatoms. The van der Waals surface area contributed by atoms with Crippen molar-refractivity contribution in [2.24, 2.45) is 34.6 Å². The molecular formula is C27H34Cl2N8S2. The summed E-state index contributed by atoms with van der Waals surface area (Å²) >= 11 is 3.15. The molecule has 0 saturated heterocycles. The lowest BCUT2D eigenvalue weighted by Crippen LogP contribution is -3.00. The number of halogens is 2. The van der Waals surface area contributed by atoms with Gasteiger partial charge in [0.05, 0.1) is 24.3 Å². The Morgan fingerprint density at radius 3 is 1.31 bits per heavy atom. The average molecular weight is 606 g/mol. The van der Waals surface area contributed by atoms with Gasteiger partial charge in [-0.3, -0.25) is 0 Å². The summed E-state index contributed by atoms with van der Waals surface area (Å²) in [6, 6.07) is 16.5. The van der Waals surface area contributed by atoms with Crippen molar-refractivity contribution in [3.63, 3.8) is 0 Å². The van der Waals surface area contributed by atoms with Gasteiger partial charge in [-0.2, -0.15) is 0 Å². The zero-order valence-corrected chi connectivity index (χ0v) is 25.8. The molecule has 208 valence electrons. The summed E-state index contributed by atoms with van der Waals surface area (Å²) in [6.45, 7) is 2.05. The van der Waals surface area contributed by atoms with Gasteiger partial charge in [-0.1, -0.05) is 0 Å². The van der Waals surface area contributed by atoms with Crippen LogP contribution in [0.3, 0.4) is 0 Å². The Morgan fingerprint density at radius 1 is 0.590 bits per heavy atom. The van der Waals surface area contributed by atoms with Gasteiger partial charge in [-0.05, 0) is 101 Å². The highest BCUT2D eigenvalue weighted by Crippen LogP contribution is 2.24. The molecule has 0 atom stereocenters. The van der Waals surface area contributed by atoms with Crippen LogP contribution in [-0.2, 0) is 14.1 Å². The highest BCUT2D eigenvalue weighted by molar-refractivity contribution is 7.13. The number of thiazole rings is 2. The van der Waals surface area contributed by atoms with Crippen LogP contribution in [0.2, 0.25) is 0 Å². The van der Waals surface area contributed by atoms with E-state index in [0.29, 0.717) is 0 Å². The number of aromatic nitrogens is 2. The predicted molar refractivity (Wildman–Crippen MR) is 153 cm³/mol. The number of hydrogen-bond acceptors (Lipinski definition) is 8. The van der Waals surface area contributed by atoms with Crippen molar-refractivity contribution in [2.75, 3.05) is 37.0 Å². The zero-order valence-electron chi connectivity index (χ0n) is 22.6. The van der Waals surface area contributed by atoms with Gasteiger partial charge in [0, 0.05) is 49.3 Å². The fraction of sp³-hybridized carbons (Fsp3) is 0.333. The van der Waals surface area contributed by atoms with E-state index in [0.717, 1.165) is 47.6 Å². The van der Waals surface area contributed by atoms with Crippen molar-refractivity contribution in [3.05, 3.63) is 71.7 Å². The largest absolute Gasteiger partial charge is 1.00 e. The second-order valence-corrected chi connectivity index (χ2v) is 10.7. The molecule has 0 spiro atoms. The van der Waals surface area contributed by atoms with Crippen molar-refractivity contribution < 1.29 is 33.9 Å². The fourth-order valence-corrected chi connectivity index (χ4v) is 5.09. The van der Waals surface area contributed by atoms with E-state index in [4.69, 9.17) is 0 Å². The van der Waals surface area contributed by atoms with Crippen molar-refractivity contribution in [2.45, 2.75) is 19.3 Å². The first-order valence-corrected chi connectivity index (χ1v) is 14.1. The summed E-state index contributed by atoms with van der Waals surface area (Å²) in [5.74, 6) is 0. The Balaban J connectivity index is 0.00000267. The SMILES string of the molecule is CN(CCCCCN(C)c1ccc(N=Nc2scc[n+]2C)cc1)c1ccc(N=Nc2scc[n+]2C)cc1.[Cl-].[Cl-]. The van der Waals surface area contributed by atoms with E-state index in [-0.39, 0.29) is 24.8 Å². The molecule has 39 heavy (non-hydrogen) atoms. The van der Waals surface area contributed by atoms with Crippen LogP contribution in [0.15, 0.2) is 92.1 Å². The minimum Gasteiger partial charge on any atom is -1.00 e. The maximum absolute atomic E-state index is 4.35. The Hall–Kier alpha value is -2.92. The third-order valence-corrected chi connectivity index (χ3v) is 7.77. The van der Waals surface area contributed by atoms with Gasteiger partial charge >= 0.3 is 10.3 Å². The quantitative estimate of drug-likeness (QED) is 0.138. The van der Waals surface area contributed by atoms with Gasteiger partial charge < -0.3 is 34.6 Å². The normalized spacial score (nSPS) is 11.0. The molecule has 0 fully saturated rings. The molecule has 0 unspecified atom stereocenters. The fourth-order valence-electron chi connectivity index (χ4n) is 3.73. The molecule has 0 saturated carbocycles. The minimum atomic E-state index is 0. The molecule has 0 aliphatic carbocycles. The number of azo groups is 2. The lowest BCUT2D eigenvalue weighted by Gasteiger charge is -2.21. The second kappa shape index (κ2) is 16.2. The van der Waals surface area contributed by atoms with Crippen LogP contribution in [0.1, 0.15) is 19.3 Å². The monoisotopic (exact) mass is 604 g/mol. The molecule has 0 N–H and O–H groups in total. The average Bonchev–Trinajstić information content (AvgIpc) is 3.53. The molecular weight excluding hydrogens is 571 g/mol. The Kier molecular flexibility index (Phi) is 13.5. The van der Waals surface area contributed by atoms with Crippen LogP contribution < -0.4 is 43.7 Å². The lowest BCUT2D eigenvalue weighted by molar-refractivity contribution is -0.654. The molecule has 0 bridgehead atoms. The van der Waals surface area contributed by atoms with Crippen molar-refractivity contribution in [1.29, 1.82) is 0 Å². The number of rotatable bonds is 12. The molecule has 0 aliphatic heterocycles. The van der Waals surface area contributed by atoms with E-state index in [1.165, 1.54) is 17.8 Å². The molecule has 4 rings (SSSR count). The van der Waals surface area contributed by atoms with Crippen LogP contribution in [0.25, 0.3) is 0 Å². The number of nitrogens with zero attached hydrogens (tertiary/aromatic N) is 8. The van der Waals surface area contributed by atoms with Crippen molar-refractivity contribution >= 4 is 55.7 Å². The van der Waals surface area contributed by atoms with Gasteiger partial charge in [-0.15, -0.1) is 0 Å². The first-order valence-electron chi connectivity index (χ1n) is 12.3. The van der Waals surface area contributed by atoms with Crippen LogP contribution in [0.4, 0.5) is 33.0 Å². The molecule has 8 nitrogen and oxygen atoms in total. The summed E-state index contributed by atoms with van der Waals surface area (Å²) in [5.41, 5.74) is 4.12.